The number of hydrogen-bond acceptors (Lipinski definition) is 5. The molecule has 180 valence electrons. The molecule has 1 saturated carbocycles. The fourth-order valence-electron chi connectivity index (χ4n) is 5.69. The number of benzene rings is 1. The molecule has 2 unspecified atom stereocenters. The molecule has 6 nitrogen and oxygen atoms in total. The van der Waals surface area contributed by atoms with Crippen LogP contribution in [0.25, 0.3) is 11.8 Å². The average molecular weight is 489 g/mol. The Morgan fingerprint density at radius 2 is 2.00 bits per heavy atom. The summed E-state index contributed by atoms with van der Waals surface area (Å²) in [7, 11) is 2.26. The summed E-state index contributed by atoms with van der Waals surface area (Å²) < 4.78 is 7.48. The third-order valence-electron chi connectivity index (χ3n) is 7.54. The van der Waals surface area contributed by atoms with Gasteiger partial charge < -0.3 is 10.1 Å². The topological polar surface area (TPSA) is 59.4 Å². The molecule has 1 aromatic carbocycles. The van der Waals surface area contributed by atoms with Crippen molar-refractivity contribution in [3.8, 4) is 5.75 Å². The number of ether oxygens (including phenoxy) is 1. The number of aryl methyl sites for hydroxylation is 1. The molecule has 2 aliphatic carbocycles. The third-order valence-corrected chi connectivity index (χ3v) is 7.77. The molecule has 35 heavy (non-hydrogen) atoms. The normalized spacial score (nSPS) is 22.5. The summed E-state index contributed by atoms with van der Waals surface area (Å²) in [6, 6.07) is 14.5. The van der Waals surface area contributed by atoms with E-state index in [9.17, 15) is 4.79 Å². The van der Waals surface area contributed by atoms with Gasteiger partial charge in [-0.25, -0.2) is 0 Å². The van der Waals surface area contributed by atoms with E-state index in [-0.39, 0.29) is 12.2 Å². The molecule has 3 aliphatic rings. The highest BCUT2D eigenvalue weighted by Crippen LogP contribution is 2.45. The zero-order chi connectivity index (χ0) is 23.9. The summed E-state index contributed by atoms with van der Waals surface area (Å²) in [5.41, 5.74) is 5.61. The van der Waals surface area contributed by atoms with E-state index in [1.807, 2.05) is 12.1 Å². The molecular formula is C28H29ClN4O2. The molecule has 1 aliphatic heterocycles. The first-order valence-electron chi connectivity index (χ1n) is 12.2. The number of piperidine rings is 1. The summed E-state index contributed by atoms with van der Waals surface area (Å²) in [6.07, 6.45) is 7.29. The molecule has 0 amide bonds. The first kappa shape index (κ1) is 22.5. The van der Waals surface area contributed by atoms with Crippen molar-refractivity contribution >= 4 is 23.4 Å². The molecule has 2 aromatic heterocycles. The van der Waals surface area contributed by atoms with Crippen LogP contribution in [0, 0.1) is 11.8 Å². The van der Waals surface area contributed by atoms with E-state index < -0.39 is 0 Å². The predicted molar refractivity (Wildman–Crippen MR) is 138 cm³/mol. The molecule has 6 rings (SSSR count). The molecule has 2 atom stereocenters. The van der Waals surface area contributed by atoms with Gasteiger partial charge in [0.05, 0.1) is 10.7 Å². The molecule has 3 aromatic rings. The van der Waals surface area contributed by atoms with Gasteiger partial charge in [-0.2, -0.15) is 0 Å². The van der Waals surface area contributed by atoms with Crippen LogP contribution in [0.1, 0.15) is 28.8 Å². The second-order valence-electron chi connectivity index (χ2n) is 9.89. The zero-order valence-electron chi connectivity index (χ0n) is 19.8. The fourth-order valence-corrected chi connectivity index (χ4v) is 5.80. The highest BCUT2D eigenvalue weighted by molar-refractivity contribution is 6.30. The van der Waals surface area contributed by atoms with Crippen molar-refractivity contribution in [3.63, 3.8) is 0 Å². The SMILES string of the molecule is CN(Cc1ccc2c(c1)CCC(n1ccc(OCc3ccc(Cl)cn3)cc1=O)=C2)C1C2CNCC21. The fraction of sp³-hybridized carbons (Fsp3) is 0.357. The first-order valence-corrected chi connectivity index (χ1v) is 12.6. The van der Waals surface area contributed by atoms with Crippen LogP contribution < -0.4 is 15.6 Å². The highest BCUT2D eigenvalue weighted by atomic mass is 35.5. The summed E-state index contributed by atoms with van der Waals surface area (Å²) in [5, 5.41) is 4.06. The van der Waals surface area contributed by atoms with Gasteiger partial charge in [0.25, 0.3) is 5.56 Å². The minimum absolute atomic E-state index is 0.0935. The third kappa shape index (κ3) is 4.66. The molecule has 1 N–H and O–H groups in total. The highest BCUT2D eigenvalue weighted by Gasteiger charge is 2.54. The Kier molecular flexibility index (Phi) is 5.96. The molecule has 0 spiro atoms. The Hall–Kier alpha value is -2.93. The molecule has 7 heteroatoms. The van der Waals surface area contributed by atoms with Gasteiger partial charge in [-0.1, -0.05) is 29.8 Å². The number of halogens is 1. The van der Waals surface area contributed by atoms with Gasteiger partial charge in [-0.05, 0) is 85.8 Å². The number of fused-ring (bicyclic) bond motifs is 2. The lowest BCUT2D eigenvalue weighted by Crippen LogP contribution is -2.29. The van der Waals surface area contributed by atoms with Crippen molar-refractivity contribution in [1.82, 2.24) is 19.8 Å². The van der Waals surface area contributed by atoms with E-state index in [0.29, 0.717) is 10.8 Å². The van der Waals surface area contributed by atoms with Gasteiger partial charge in [-0.3, -0.25) is 19.2 Å². The molecule has 0 bridgehead atoms. The van der Waals surface area contributed by atoms with Gasteiger partial charge >= 0.3 is 0 Å². The second kappa shape index (κ2) is 9.26. The summed E-state index contributed by atoms with van der Waals surface area (Å²) in [4.78, 5) is 19.6. The van der Waals surface area contributed by atoms with Crippen LogP contribution >= 0.6 is 11.6 Å². The zero-order valence-corrected chi connectivity index (χ0v) is 20.5. The van der Waals surface area contributed by atoms with E-state index in [1.54, 1.807) is 23.0 Å². The van der Waals surface area contributed by atoms with E-state index in [0.717, 1.165) is 48.7 Å². The van der Waals surface area contributed by atoms with Crippen LogP contribution in [0.5, 0.6) is 5.75 Å². The maximum absolute atomic E-state index is 12.8. The Morgan fingerprint density at radius 1 is 1.14 bits per heavy atom. The van der Waals surface area contributed by atoms with Crippen LogP contribution in [0.15, 0.2) is 59.7 Å². The molecular weight excluding hydrogens is 460 g/mol. The van der Waals surface area contributed by atoms with Gasteiger partial charge in [-0.15, -0.1) is 0 Å². The number of pyridine rings is 2. The first-order chi connectivity index (χ1) is 17.0. The largest absolute Gasteiger partial charge is 0.487 e. The van der Waals surface area contributed by atoms with E-state index in [1.165, 1.54) is 35.8 Å². The quantitative estimate of drug-likeness (QED) is 0.543. The van der Waals surface area contributed by atoms with E-state index in [2.05, 4.69) is 46.5 Å². The van der Waals surface area contributed by atoms with Crippen LogP contribution in [0.3, 0.4) is 0 Å². The molecule has 3 heterocycles. The van der Waals surface area contributed by atoms with Crippen molar-refractivity contribution < 1.29 is 4.74 Å². The van der Waals surface area contributed by atoms with Gasteiger partial charge in [0.1, 0.15) is 12.4 Å². The number of rotatable bonds is 7. The van der Waals surface area contributed by atoms with Gasteiger partial charge in [0.15, 0.2) is 0 Å². The Morgan fingerprint density at radius 3 is 2.77 bits per heavy atom. The maximum atomic E-state index is 12.8. The van der Waals surface area contributed by atoms with Crippen molar-refractivity contribution in [1.29, 1.82) is 0 Å². The van der Waals surface area contributed by atoms with Crippen molar-refractivity contribution in [2.24, 2.45) is 11.8 Å². The minimum atomic E-state index is -0.0935. The van der Waals surface area contributed by atoms with E-state index in [4.69, 9.17) is 16.3 Å². The lowest BCUT2D eigenvalue weighted by molar-refractivity contribution is 0.281. The summed E-state index contributed by atoms with van der Waals surface area (Å²) in [5.74, 6) is 2.21. The van der Waals surface area contributed by atoms with Crippen LogP contribution in [-0.4, -0.2) is 40.6 Å². The van der Waals surface area contributed by atoms with E-state index >= 15 is 0 Å². The summed E-state index contributed by atoms with van der Waals surface area (Å²) in [6.45, 7) is 3.62. The van der Waals surface area contributed by atoms with Crippen LogP contribution in [0.2, 0.25) is 5.02 Å². The Labute approximate surface area is 210 Å². The number of aromatic nitrogens is 2. The predicted octanol–water partition coefficient (Wildman–Crippen LogP) is 4.07. The Bertz CT molecular complexity index is 1320. The van der Waals surface area contributed by atoms with Crippen LogP contribution in [-0.2, 0) is 19.6 Å². The monoisotopic (exact) mass is 488 g/mol. The minimum Gasteiger partial charge on any atom is -0.487 e. The van der Waals surface area contributed by atoms with Crippen molar-refractivity contribution in [2.45, 2.75) is 32.0 Å². The number of nitrogens with one attached hydrogen (secondary N) is 1. The molecule has 0 radical (unpaired) electrons. The van der Waals surface area contributed by atoms with Crippen LogP contribution in [0.4, 0.5) is 0 Å². The number of allylic oxidation sites excluding steroid dienone is 1. The lowest BCUT2D eigenvalue weighted by atomic mass is 9.93. The number of hydrogen-bond donors (Lipinski definition) is 1. The smallest absolute Gasteiger partial charge is 0.258 e. The summed E-state index contributed by atoms with van der Waals surface area (Å²) >= 11 is 5.87. The molecule has 1 saturated heterocycles. The van der Waals surface area contributed by atoms with Gasteiger partial charge in [0.2, 0.25) is 0 Å². The van der Waals surface area contributed by atoms with Crippen molar-refractivity contribution in [2.75, 3.05) is 20.1 Å². The van der Waals surface area contributed by atoms with Crippen molar-refractivity contribution in [3.05, 3.63) is 92.6 Å². The molecule has 2 fully saturated rings. The van der Waals surface area contributed by atoms with Gasteiger partial charge in [0, 0.05) is 36.7 Å². The number of nitrogens with zero attached hydrogens (tertiary/aromatic N) is 3. The average Bonchev–Trinajstić information content (AvgIpc) is 3.35. The Balaban J connectivity index is 1.12. The second-order valence-corrected chi connectivity index (χ2v) is 10.3. The lowest BCUT2D eigenvalue weighted by Gasteiger charge is -2.22. The standard InChI is InChI=1S/C28H29ClN4O2/c1-32(28-25-14-30-15-26(25)28)16-18-2-3-20-11-23(7-4-19(20)10-18)33-9-8-24(12-27(33)34)35-17-22-6-5-21(29)13-31-22/h2-3,5-6,8-13,25-26,28,30H,4,7,14-17H2,1H3. The maximum Gasteiger partial charge on any atom is 0.258 e.